The molecule has 1 aromatic rings. The Morgan fingerprint density at radius 1 is 1.47 bits per heavy atom. The van der Waals surface area contributed by atoms with Crippen molar-refractivity contribution in [1.82, 2.24) is 0 Å². The zero-order chi connectivity index (χ0) is 13.0. The van der Waals surface area contributed by atoms with Gasteiger partial charge in [0.05, 0.1) is 24.2 Å². The van der Waals surface area contributed by atoms with E-state index >= 15 is 0 Å². The fraction of sp³-hybridized carbons (Fsp3) is 0.222. The van der Waals surface area contributed by atoms with E-state index in [1.54, 1.807) is 0 Å². The van der Waals surface area contributed by atoms with Gasteiger partial charge in [0.15, 0.2) is 11.6 Å². The number of esters is 1. The summed E-state index contributed by atoms with van der Waals surface area (Å²) in [5, 5.41) is 12.5. The lowest BCUT2D eigenvalue weighted by Crippen LogP contribution is -2.16. The summed E-state index contributed by atoms with van der Waals surface area (Å²) in [6.07, 6.45) is 0. The number of halogens is 2. The molecular weight excluding hydrogens is 238 g/mol. The van der Waals surface area contributed by atoms with Crippen molar-refractivity contribution in [3.8, 4) is 0 Å². The third-order valence-electron chi connectivity index (χ3n) is 1.87. The van der Waals surface area contributed by atoms with Crippen LogP contribution in [0.1, 0.15) is 0 Å². The highest BCUT2D eigenvalue weighted by Gasteiger charge is 2.17. The second-order valence-electron chi connectivity index (χ2n) is 2.97. The number of carbonyl (C=O) groups is 1. The van der Waals surface area contributed by atoms with Gasteiger partial charge in [-0.15, -0.1) is 0 Å². The van der Waals surface area contributed by atoms with Crippen LogP contribution in [0.15, 0.2) is 12.1 Å². The molecule has 0 saturated carbocycles. The molecule has 0 heterocycles. The molecule has 1 rings (SSSR count). The fourth-order valence-electron chi connectivity index (χ4n) is 1.07. The van der Waals surface area contributed by atoms with E-state index < -0.39 is 40.4 Å². The Hall–Kier alpha value is -2.25. The molecule has 0 aliphatic carbocycles. The molecule has 0 aliphatic rings. The first-order chi connectivity index (χ1) is 7.95. The zero-order valence-electron chi connectivity index (χ0n) is 8.70. The molecule has 0 fully saturated rings. The Bertz CT molecular complexity index is 441. The molecule has 0 amide bonds. The number of hydrogen-bond acceptors (Lipinski definition) is 5. The van der Waals surface area contributed by atoms with E-state index in [-0.39, 0.29) is 0 Å². The van der Waals surface area contributed by atoms with E-state index in [0.29, 0.717) is 12.1 Å². The molecule has 0 unspecified atom stereocenters. The van der Waals surface area contributed by atoms with E-state index in [2.05, 4.69) is 10.1 Å². The number of nitrogens with one attached hydrogen (secondary N) is 1. The van der Waals surface area contributed by atoms with Gasteiger partial charge in [-0.1, -0.05) is 0 Å². The Morgan fingerprint density at radius 2 is 2.00 bits per heavy atom. The normalized spacial score (nSPS) is 9.82. The average molecular weight is 246 g/mol. The molecule has 0 atom stereocenters. The van der Waals surface area contributed by atoms with Crippen LogP contribution in [0, 0.1) is 21.7 Å². The van der Waals surface area contributed by atoms with Gasteiger partial charge in [-0.3, -0.25) is 14.9 Å². The Balaban J connectivity index is 2.94. The number of rotatable bonds is 4. The summed E-state index contributed by atoms with van der Waals surface area (Å²) >= 11 is 0. The number of hydrogen-bond donors (Lipinski definition) is 1. The first kappa shape index (κ1) is 12.8. The predicted molar refractivity (Wildman–Crippen MR) is 53.5 cm³/mol. The highest BCUT2D eigenvalue weighted by molar-refractivity contribution is 5.75. The summed E-state index contributed by atoms with van der Waals surface area (Å²) in [5.74, 6) is -3.02. The third-order valence-corrected chi connectivity index (χ3v) is 1.87. The quantitative estimate of drug-likeness (QED) is 0.494. The lowest BCUT2D eigenvalue weighted by atomic mass is 10.2. The van der Waals surface area contributed by atoms with Gasteiger partial charge in [-0.2, -0.15) is 0 Å². The number of non-ortho nitro benzene ring substituents is 1. The van der Waals surface area contributed by atoms with Crippen LogP contribution in [-0.2, 0) is 9.53 Å². The Morgan fingerprint density at radius 3 is 2.41 bits per heavy atom. The van der Waals surface area contributed by atoms with Crippen molar-refractivity contribution in [2.45, 2.75) is 0 Å². The minimum Gasteiger partial charge on any atom is -0.468 e. The molecule has 0 aromatic heterocycles. The van der Waals surface area contributed by atoms with Crippen LogP contribution in [-0.4, -0.2) is 24.5 Å². The van der Waals surface area contributed by atoms with Gasteiger partial charge in [0.2, 0.25) is 0 Å². The van der Waals surface area contributed by atoms with Crippen molar-refractivity contribution < 1.29 is 23.2 Å². The van der Waals surface area contributed by atoms with E-state index in [1.165, 1.54) is 0 Å². The standard InChI is InChI=1S/C9H8F2N2O4/c1-17-8(14)4-12-9-6(10)2-5(13(15)16)3-7(9)11/h2-3,12H,4H2,1H3. The monoisotopic (exact) mass is 246 g/mol. The number of nitro benzene ring substituents is 1. The molecule has 17 heavy (non-hydrogen) atoms. The van der Waals surface area contributed by atoms with Crippen molar-refractivity contribution in [2.24, 2.45) is 0 Å². The van der Waals surface area contributed by atoms with E-state index in [4.69, 9.17) is 0 Å². The lowest BCUT2D eigenvalue weighted by Gasteiger charge is -2.07. The Kier molecular flexibility index (Phi) is 3.91. The van der Waals surface area contributed by atoms with Gasteiger partial charge in [0.25, 0.3) is 5.69 Å². The highest BCUT2D eigenvalue weighted by atomic mass is 19.1. The van der Waals surface area contributed by atoms with Gasteiger partial charge in [-0.05, 0) is 0 Å². The summed E-state index contributed by atoms with van der Waals surface area (Å²) < 4.78 is 30.8. The molecule has 1 N–H and O–H groups in total. The van der Waals surface area contributed by atoms with Crippen molar-refractivity contribution >= 4 is 17.3 Å². The predicted octanol–water partition coefficient (Wildman–Crippen LogP) is 1.46. The van der Waals surface area contributed by atoms with Gasteiger partial charge in [0, 0.05) is 0 Å². The second-order valence-corrected chi connectivity index (χ2v) is 2.97. The number of benzene rings is 1. The van der Waals surface area contributed by atoms with Crippen molar-refractivity contribution in [1.29, 1.82) is 0 Å². The van der Waals surface area contributed by atoms with Crippen molar-refractivity contribution in [3.05, 3.63) is 33.9 Å². The van der Waals surface area contributed by atoms with Crippen LogP contribution in [0.2, 0.25) is 0 Å². The maximum Gasteiger partial charge on any atom is 0.325 e. The summed E-state index contributed by atoms with van der Waals surface area (Å²) in [4.78, 5) is 20.1. The molecule has 1 aromatic carbocycles. The molecular formula is C9H8F2N2O4. The largest absolute Gasteiger partial charge is 0.468 e. The maximum atomic E-state index is 13.3. The molecule has 92 valence electrons. The smallest absolute Gasteiger partial charge is 0.325 e. The van der Waals surface area contributed by atoms with Crippen LogP contribution in [0.4, 0.5) is 20.2 Å². The molecule has 0 bridgehead atoms. The topological polar surface area (TPSA) is 81.5 Å². The highest BCUT2D eigenvalue weighted by Crippen LogP contribution is 2.24. The number of ether oxygens (including phenoxy) is 1. The maximum absolute atomic E-state index is 13.3. The van der Waals surface area contributed by atoms with Crippen LogP contribution in [0.5, 0.6) is 0 Å². The number of methoxy groups -OCH3 is 1. The lowest BCUT2D eigenvalue weighted by molar-refractivity contribution is -0.385. The van der Waals surface area contributed by atoms with Gasteiger partial charge in [-0.25, -0.2) is 8.78 Å². The molecule has 6 nitrogen and oxygen atoms in total. The van der Waals surface area contributed by atoms with E-state index in [0.717, 1.165) is 7.11 Å². The SMILES string of the molecule is COC(=O)CNc1c(F)cc([N+](=O)[O-])cc1F. The fourth-order valence-corrected chi connectivity index (χ4v) is 1.07. The first-order valence-electron chi connectivity index (χ1n) is 4.40. The summed E-state index contributed by atoms with van der Waals surface area (Å²) in [6.45, 7) is -0.442. The van der Waals surface area contributed by atoms with E-state index in [1.807, 2.05) is 0 Å². The molecule has 0 radical (unpaired) electrons. The minimum absolute atomic E-state index is 0.442. The molecule has 0 aliphatic heterocycles. The molecule has 0 saturated heterocycles. The van der Waals surface area contributed by atoms with Crippen LogP contribution in [0.25, 0.3) is 0 Å². The Labute approximate surface area is 94.3 Å². The van der Waals surface area contributed by atoms with Crippen molar-refractivity contribution in [3.63, 3.8) is 0 Å². The zero-order valence-corrected chi connectivity index (χ0v) is 8.70. The average Bonchev–Trinajstić information content (AvgIpc) is 2.27. The molecule has 8 heteroatoms. The van der Waals surface area contributed by atoms with Gasteiger partial charge >= 0.3 is 5.97 Å². The number of nitro groups is 1. The first-order valence-corrected chi connectivity index (χ1v) is 4.40. The summed E-state index contributed by atoms with van der Waals surface area (Å²) in [7, 11) is 1.12. The molecule has 0 spiro atoms. The summed E-state index contributed by atoms with van der Waals surface area (Å²) in [6, 6.07) is 1.12. The van der Waals surface area contributed by atoms with Gasteiger partial charge < -0.3 is 10.1 Å². The third kappa shape index (κ3) is 3.10. The van der Waals surface area contributed by atoms with Crippen LogP contribution in [0.3, 0.4) is 0 Å². The second kappa shape index (κ2) is 5.19. The summed E-state index contributed by atoms with van der Waals surface area (Å²) in [5.41, 5.74) is -1.32. The van der Waals surface area contributed by atoms with Gasteiger partial charge in [0.1, 0.15) is 12.2 Å². The van der Waals surface area contributed by atoms with Crippen LogP contribution < -0.4 is 5.32 Å². The number of anilines is 1. The minimum atomic E-state index is -1.15. The number of carbonyl (C=O) groups excluding carboxylic acids is 1. The van der Waals surface area contributed by atoms with E-state index in [9.17, 15) is 23.7 Å². The number of nitrogens with zero attached hydrogens (tertiary/aromatic N) is 1. The van der Waals surface area contributed by atoms with Crippen LogP contribution >= 0.6 is 0 Å². The van der Waals surface area contributed by atoms with Crippen molar-refractivity contribution in [2.75, 3.05) is 19.0 Å².